The first-order valence-electron chi connectivity index (χ1n) is 26.3. The second-order valence-electron chi connectivity index (χ2n) is 23.7. The van der Waals surface area contributed by atoms with Gasteiger partial charge < -0.3 is 29.8 Å². The maximum atomic E-state index is 15.0. The van der Waals surface area contributed by atoms with Crippen molar-refractivity contribution in [1.29, 1.82) is 0 Å². The summed E-state index contributed by atoms with van der Waals surface area (Å²) < 4.78 is 27.4. The second-order valence-corrected chi connectivity index (χ2v) is 27.2. The quantitative estimate of drug-likeness (QED) is 0.214. The lowest BCUT2D eigenvalue weighted by atomic mass is 9.60. The average Bonchev–Trinajstić information content (AvgIpc) is 3.70. The number of hydrogen-bond donors (Lipinski definition) is 2. The zero-order chi connectivity index (χ0) is 47.7. The van der Waals surface area contributed by atoms with Crippen molar-refractivity contribution in [3.05, 3.63) is 71.8 Å². The zero-order valence-corrected chi connectivity index (χ0v) is 43.1. The molecule has 0 aromatic heterocycles. The van der Waals surface area contributed by atoms with Crippen LogP contribution in [0.15, 0.2) is 60.7 Å². The standard InChI is InChI=1S/C54H80N6O6S2/c1-55(2)52(43-12-7-5-8-13-43)27-23-49(24-28-52)38-58(48(62)59(49)39-51(63)20-11-21-51)35-42-19-33-68(65,66)36-45(42)46-16-22-54(46,64)40-60-47(61)57(34-41-17-31-67-32-18-41)37-50(60)25-29-53(30-26-50,56(3)4)44-14-9-6-10-15-44/h5-10,12-15,41-42,45-46,63-64H,11,16-40H2,1-4H3/t42?,45?,46?,49-,50-,52+,53+,54?. The number of carbonyl (C=O) groups is 2. The molecular weight excluding hydrogens is 893 g/mol. The van der Waals surface area contributed by atoms with E-state index in [9.17, 15) is 28.2 Å². The Labute approximate surface area is 411 Å². The fourth-order valence-corrected chi connectivity index (χ4v) is 18.3. The van der Waals surface area contributed by atoms with Crippen LogP contribution in [0, 0.1) is 23.7 Å². The zero-order valence-electron chi connectivity index (χ0n) is 41.5. The maximum absolute atomic E-state index is 15.0. The monoisotopic (exact) mass is 973 g/mol. The van der Waals surface area contributed by atoms with Gasteiger partial charge in [0.2, 0.25) is 0 Å². The van der Waals surface area contributed by atoms with Gasteiger partial charge in [0, 0.05) is 37.3 Å². The highest BCUT2D eigenvalue weighted by molar-refractivity contribution is 7.99. The summed E-state index contributed by atoms with van der Waals surface area (Å²) in [6.07, 6.45) is 13.1. The smallest absolute Gasteiger partial charge is 0.320 e. The Morgan fingerprint density at radius 3 is 1.59 bits per heavy atom. The molecule has 8 aliphatic rings. The van der Waals surface area contributed by atoms with Crippen molar-refractivity contribution in [3.63, 3.8) is 0 Å². The SMILES string of the molecule is CN(C)[C@]1(c2ccccc2)CC[C@]2(CC1)CN(CC1CCS(=O)(=O)CC1C1CCC1(O)CN1C(=O)N(CC3CCSCC3)C[C@]13CC[C@](c1ccccc1)(N(C)C)CC3)C(=O)N2CC1(O)CCC1. The molecule has 12 nitrogen and oxygen atoms in total. The van der Waals surface area contributed by atoms with E-state index in [1.807, 2.05) is 21.6 Å². The number of β-amino-alcohol motifs (C(OH)–C–C–N with tert-alkyl or cyclic N) is 2. The van der Waals surface area contributed by atoms with Crippen LogP contribution in [-0.2, 0) is 20.9 Å². The first-order valence-corrected chi connectivity index (χ1v) is 29.2. The number of hydrogen-bond acceptors (Lipinski definition) is 9. The fourth-order valence-electron chi connectivity index (χ4n) is 15.1. The summed E-state index contributed by atoms with van der Waals surface area (Å²) in [4.78, 5) is 42.9. The van der Waals surface area contributed by atoms with E-state index in [0.717, 1.165) is 88.7 Å². The number of aliphatic hydroxyl groups is 2. The number of sulfone groups is 1. The van der Waals surface area contributed by atoms with Crippen LogP contribution in [0.4, 0.5) is 9.59 Å². The first-order chi connectivity index (χ1) is 32.4. The lowest BCUT2D eigenvalue weighted by Crippen LogP contribution is -2.64. The van der Waals surface area contributed by atoms with Gasteiger partial charge in [0.15, 0.2) is 9.84 Å². The Kier molecular flexibility index (Phi) is 13.1. The Hall–Kier alpha value is -2.88. The molecule has 4 heterocycles. The van der Waals surface area contributed by atoms with E-state index in [2.05, 4.69) is 108 Å². The van der Waals surface area contributed by atoms with E-state index in [4.69, 9.17) is 0 Å². The highest BCUT2D eigenvalue weighted by atomic mass is 32.2. The molecule has 4 amide bonds. The molecule has 0 radical (unpaired) electrons. The molecule has 4 saturated heterocycles. The summed E-state index contributed by atoms with van der Waals surface area (Å²) in [5, 5.41) is 24.7. The van der Waals surface area contributed by atoms with Gasteiger partial charge in [0.25, 0.3) is 0 Å². The van der Waals surface area contributed by atoms with E-state index in [1.165, 1.54) is 11.1 Å². The van der Waals surface area contributed by atoms with Crippen molar-refractivity contribution < 1.29 is 28.2 Å². The van der Waals surface area contributed by atoms with Crippen LogP contribution >= 0.6 is 11.8 Å². The molecular formula is C54H80N6O6S2. The first kappa shape index (κ1) is 48.7. The fraction of sp³-hybridized carbons (Fsp3) is 0.741. The number of benzene rings is 2. The third kappa shape index (κ3) is 8.62. The van der Waals surface area contributed by atoms with Gasteiger partial charge in [0.1, 0.15) is 0 Å². The lowest BCUT2D eigenvalue weighted by molar-refractivity contribution is -0.144. The number of carbonyl (C=O) groups excluding carboxylic acids is 2. The molecule has 10 rings (SSSR count). The summed E-state index contributed by atoms with van der Waals surface area (Å²) in [5.74, 6) is 2.08. The predicted molar refractivity (Wildman–Crippen MR) is 270 cm³/mol. The van der Waals surface area contributed by atoms with Gasteiger partial charge in [-0.3, -0.25) is 9.80 Å². The van der Waals surface area contributed by atoms with Crippen LogP contribution in [0.25, 0.3) is 0 Å². The maximum Gasteiger partial charge on any atom is 0.320 e. The normalized spacial score (nSPS) is 33.1. The van der Waals surface area contributed by atoms with Gasteiger partial charge in [0.05, 0.1) is 46.9 Å². The Morgan fingerprint density at radius 2 is 1.13 bits per heavy atom. The summed E-state index contributed by atoms with van der Waals surface area (Å²) in [6, 6.07) is 21.5. The average molecular weight is 973 g/mol. The topological polar surface area (TPSA) is 128 Å². The van der Waals surface area contributed by atoms with Crippen LogP contribution in [0.3, 0.4) is 0 Å². The van der Waals surface area contributed by atoms with Gasteiger partial charge in [-0.2, -0.15) is 11.8 Å². The minimum absolute atomic E-state index is 0.00293. The molecule has 2 spiro atoms. The Bertz CT molecular complexity index is 2240. The summed E-state index contributed by atoms with van der Waals surface area (Å²) in [5.41, 5.74) is -0.662. The molecule has 14 heteroatoms. The van der Waals surface area contributed by atoms with E-state index < -0.39 is 32.1 Å². The molecule has 2 N–H and O–H groups in total. The molecule has 8 fully saturated rings. The van der Waals surface area contributed by atoms with Crippen LogP contribution < -0.4 is 0 Å². The van der Waals surface area contributed by atoms with Crippen LogP contribution in [0.1, 0.15) is 114 Å². The van der Waals surface area contributed by atoms with Gasteiger partial charge in [-0.15, -0.1) is 0 Å². The molecule has 4 aliphatic heterocycles. The molecule has 4 saturated carbocycles. The van der Waals surface area contributed by atoms with Crippen molar-refractivity contribution in [3.8, 4) is 0 Å². The predicted octanol–water partition coefficient (Wildman–Crippen LogP) is 7.25. The van der Waals surface area contributed by atoms with E-state index in [-0.39, 0.29) is 58.9 Å². The van der Waals surface area contributed by atoms with Crippen molar-refractivity contribution >= 4 is 33.7 Å². The van der Waals surface area contributed by atoms with E-state index >= 15 is 0 Å². The summed E-state index contributed by atoms with van der Waals surface area (Å²) in [6.45, 7) is 2.96. The Morgan fingerprint density at radius 1 is 0.632 bits per heavy atom. The van der Waals surface area contributed by atoms with E-state index in [0.29, 0.717) is 64.2 Å². The lowest BCUT2D eigenvalue weighted by Gasteiger charge is -2.56. The molecule has 68 heavy (non-hydrogen) atoms. The summed E-state index contributed by atoms with van der Waals surface area (Å²) >= 11 is 2.00. The third-order valence-electron chi connectivity index (χ3n) is 19.9. The van der Waals surface area contributed by atoms with Crippen molar-refractivity contribution in [1.82, 2.24) is 29.4 Å². The molecule has 4 aliphatic carbocycles. The van der Waals surface area contributed by atoms with Crippen LogP contribution in [-0.4, -0.2) is 173 Å². The highest BCUT2D eigenvalue weighted by Gasteiger charge is 2.62. The highest BCUT2D eigenvalue weighted by Crippen LogP contribution is 2.55. The third-order valence-corrected chi connectivity index (χ3v) is 22.7. The van der Waals surface area contributed by atoms with Gasteiger partial charge in [-0.05, 0) is 177 Å². The molecule has 0 bridgehead atoms. The van der Waals surface area contributed by atoms with Crippen molar-refractivity contribution in [2.45, 2.75) is 136 Å². The second kappa shape index (κ2) is 18.3. The van der Waals surface area contributed by atoms with Crippen LogP contribution in [0.5, 0.6) is 0 Å². The number of rotatable bonds is 13. The van der Waals surface area contributed by atoms with Gasteiger partial charge >= 0.3 is 12.1 Å². The number of urea groups is 2. The number of amides is 4. The molecule has 4 atom stereocenters. The minimum Gasteiger partial charge on any atom is -0.388 e. The van der Waals surface area contributed by atoms with Crippen LogP contribution in [0.2, 0.25) is 0 Å². The van der Waals surface area contributed by atoms with Gasteiger partial charge in [-0.1, -0.05) is 60.7 Å². The van der Waals surface area contributed by atoms with Gasteiger partial charge in [-0.25, -0.2) is 18.0 Å². The minimum atomic E-state index is -3.38. The van der Waals surface area contributed by atoms with Crippen molar-refractivity contribution in [2.75, 3.05) is 90.5 Å². The Balaban J connectivity index is 0.903. The number of thioether (sulfide) groups is 1. The largest absolute Gasteiger partial charge is 0.388 e. The molecule has 4 unspecified atom stereocenters. The van der Waals surface area contributed by atoms with Crippen molar-refractivity contribution in [2.24, 2.45) is 23.7 Å². The molecule has 374 valence electrons. The number of nitrogens with zero attached hydrogens (tertiary/aromatic N) is 6. The summed E-state index contributed by atoms with van der Waals surface area (Å²) in [7, 11) is 5.29. The van der Waals surface area contributed by atoms with E-state index in [1.54, 1.807) is 0 Å². The molecule has 2 aromatic rings. The molecule has 2 aromatic carbocycles.